The summed E-state index contributed by atoms with van der Waals surface area (Å²) in [6.45, 7) is 0. The Balaban J connectivity index is 2.23. The summed E-state index contributed by atoms with van der Waals surface area (Å²) >= 11 is 0. The van der Waals surface area contributed by atoms with Crippen molar-refractivity contribution in [2.45, 2.75) is 4.90 Å². The number of sulfone groups is 1. The first-order valence-electron chi connectivity index (χ1n) is 6.07. The van der Waals surface area contributed by atoms with Crippen molar-refractivity contribution >= 4 is 20.9 Å². The summed E-state index contributed by atoms with van der Waals surface area (Å²) < 4.78 is 23.1. The van der Waals surface area contributed by atoms with Gasteiger partial charge in [-0.3, -0.25) is 0 Å². The van der Waals surface area contributed by atoms with Crippen LogP contribution in [0.3, 0.4) is 0 Å². The second-order valence-electron chi connectivity index (χ2n) is 4.71. The Kier molecular flexibility index (Phi) is 2.87. The van der Waals surface area contributed by atoms with E-state index in [2.05, 4.69) is 9.97 Å². The van der Waals surface area contributed by atoms with Crippen molar-refractivity contribution in [2.75, 3.05) is 6.26 Å². The lowest BCUT2D eigenvalue weighted by atomic mass is 10.1. The second-order valence-corrected chi connectivity index (χ2v) is 6.72. The topological polar surface area (TPSA) is 103 Å². The smallest absolute Gasteiger partial charge is 0.175 e. The molecule has 1 aromatic heterocycles. The Hall–Kier alpha value is -2.54. The van der Waals surface area contributed by atoms with Crippen LogP contribution in [0, 0.1) is 0 Å². The minimum Gasteiger partial charge on any atom is -0.507 e. The molecule has 108 valence electrons. The van der Waals surface area contributed by atoms with Crippen molar-refractivity contribution in [3.05, 3.63) is 36.4 Å². The van der Waals surface area contributed by atoms with E-state index in [9.17, 15) is 18.6 Å². The van der Waals surface area contributed by atoms with Crippen LogP contribution >= 0.6 is 0 Å². The number of rotatable bonds is 2. The number of nitrogens with zero attached hydrogens (tertiary/aromatic N) is 1. The number of phenolic OH excluding ortho intramolecular Hbond substituents is 2. The van der Waals surface area contributed by atoms with E-state index in [0.29, 0.717) is 11.0 Å². The zero-order valence-electron chi connectivity index (χ0n) is 11.0. The molecule has 21 heavy (non-hydrogen) atoms. The zero-order chi connectivity index (χ0) is 15.2. The van der Waals surface area contributed by atoms with E-state index >= 15 is 0 Å². The van der Waals surface area contributed by atoms with Crippen LogP contribution in [0.5, 0.6) is 11.5 Å². The van der Waals surface area contributed by atoms with Crippen molar-refractivity contribution in [3.63, 3.8) is 0 Å². The zero-order valence-corrected chi connectivity index (χ0v) is 11.8. The monoisotopic (exact) mass is 304 g/mol. The van der Waals surface area contributed by atoms with Crippen molar-refractivity contribution in [2.24, 2.45) is 0 Å². The van der Waals surface area contributed by atoms with Crippen LogP contribution in [-0.4, -0.2) is 34.9 Å². The first kappa shape index (κ1) is 13.4. The highest BCUT2D eigenvalue weighted by atomic mass is 32.2. The molecule has 0 amide bonds. The molecule has 0 atom stereocenters. The molecule has 0 saturated carbocycles. The van der Waals surface area contributed by atoms with Gasteiger partial charge in [0.1, 0.15) is 22.9 Å². The number of aromatic hydroxyl groups is 2. The molecule has 0 aliphatic carbocycles. The van der Waals surface area contributed by atoms with Gasteiger partial charge in [0.15, 0.2) is 9.84 Å². The maximum atomic E-state index is 11.5. The normalized spacial score (nSPS) is 11.9. The number of aromatic amines is 1. The SMILES string of the molecule is CS(=O)(=O)c1ccc2nc(-c3c(O)cccc3O)[nH]c2c1. The number of phenols is 2. The summed E-state index contributed by atoms with van der Waals surface area (Å²) in [6.07, 6.45) is 1.13. The summed E-state index contributed by atoms with van der Waals surface area (Å²) in [5, 5.41) is 19.7. The quantitative estimate of drug-likeness (QED) is 0.672. The summed E-state index contributed by atoms with van der Waals surface area (Å²) in [5.41, 5.74) is 1.23. The Labute approximate surface area is 120 Å². The van der Waals surface area contributed by atoms with Gasteiger partial charge in [-0.15, -0.1) is 0 Å². The van der Waals surface area contributed by atoms with E-state index in [1.807, 2.05) is 0 Å². The van der Waals surface area contributed by atoms with Gasteiger partial charge in [0.2, 0.25) is 0 Å². The Bertz CT molecular complexity index is 925. The molecule has 0 aliphatic heterocycles. The molecule has 0 radical (unpaired) electrons. The van der Waals surface area contributed by atoms with Crippen molar-refractivity contribution < 1.29 is 18.6 Å². The van der Waals surface area contributed by atoms with Gasteiger partial charge in [-0.05, 0) is 30.3 Å². The second kappa shape index (κ2) is 4.49. The maximum Gasteiger partial charge on any atom is 0.175 e. The molecule has 3 aromatic rings. The Morgan fingerprint density at radius 3 is 2.38 bits per heavy atom. The molecule has 3 rings (SSSR count). The fraction of sp³-hybridized carbons (Fsp3) is 0.0714. The number of imidazole rings is 1. The van der Waals surface area contributed by atoms with Crippen LogP contribution in [0.25, 0.3) is 22.4 Å². The van der Waals surface area contributed by atoms with Gasteiger partial charge in [0, 0.05) is 6.26 Å². The third-order valence-electron chi connectivity index (χ3n) is 3.14. The number of benzene rings is 2. The van der Waals surface area contributed by atoms with Gasteiger partial charge >= 0.3 is 0 Å². The number of H-pyrrole nitrogens is 1. The lowest BCUT2D eigenvalue weighted by molar-refractivity contribution is 0.453. The van der Waals surface area contributed by atoms with Crippen LogP contribution < -0.4 is 0 Å². The average molecular weight is 304 g/mol. The van der Waals surface area contributed by atoms with Crippen LogP contribution in [0.2, 0.25) is 0 Å². The van der Waals surface area contributed by atoms with Crippen molar-refractivity contribution in [1.29, 1.82) is 0 Å². The molecular formula is C14H12N2O4S. The lowest BCUT2D eigenvalue weighted by Gasteiger charge is -2.02. The summed E-state index contributed by atoms with van der Waals surface area (Å²) in [7, 11) is -3.31. The largest absolute Gasteiger partial charge is 0.507 e. The van der Waals surface area contributed by atoms with E-state index in [1.54, 1.807) is 6.07 Å². The van der Waals surface area contributed by atoms with E-state index in [-0.39, 0.29) is 27.8 Å². The summed E-state index contributed by atoms with van der Waals surface area (Å²) in [5.74, 6) is 0.0426. The minimum atomic E-state index is -3.31. The number of aromatic nitrogens is 2. The minimum absolute atomic E-state index is 0.114. The molecule has 7 heteroatoms. The predicted molar refractivity (Wildman–Crippen MR) is 78.0 cm³/mol. The Morgan fingerprint density at radius 2 is 1.76 bits per heavy atom. The molecule has 1 heterocycles. The van der Waals surface area contributed by atoms with E-state index < -0.39 is 9.84 Å². The van der Waals surface area contributed by atoms with Crippen LogP contribution in [0.4, 0.5) is 0 Å². The summed E-state index contributed by atoms with van der Waals surface area (Å²) in [6, 6.07) is 8.89. The van der Waals surface area contributed by atoms with Crippen LogP contribution in [0.1, 0.15) is 0 Å². The predicted octanol–water partition coefficient (Wildman–Crippen LogP) is 2.04. The summed E-state index contributed by atoms with van der Waals surface area (Å²) in [4.78, 5) is 7.34. The highest BCUT2D eigenvalue weighted by molar-refractivity contribution is 7.90. The average Bonchev–Trinajstić information content (AvgIpc) is 2.79. The fourth-order valence-corrected chi connectivity index (χ4v) is 2.76. The van der Waals surface area contributed by atoms with E-state index in [0.717, 1.165) is 6.26 Å². The van der Waals surface area contributed by atoms with Crippen molar-refractivity contribution in [3.8, 4) is 22.9 Å². The molecule has 6 nitrogen and oxygen atoms in total. The molecule has 2 aromatic carbocycles. The Morgan fingerprint density at radius 1 is 1.10 bits per heavy atom. The van der Waals surface area contributed by atoms with Gasteiger partial charge in [0.25, 0.3) is 0 Å². The van der Waals surface area contributed by atoms with Crippen molar-refractivity contribution in [1.82, 2.24) is 9.97 Å². The third kappa shape index (κ3) is 2.31. The first-order valence-corrected chi connectivity index (χ1v) is 7.96. The standard InChI is InChI=1S/C14H12N2O4S/c1-21(19,20)8-5-6-9-10(7-8)16-14(15-9)13-11(17)3-2-4-12(13)18/h2-7,17-18H,1H3,(H,15,16). The van der Waals surface area contributed by atoms with Gasteiger partial charge in [-0.1, -0.05) is 6.07 Å². The van der Waals surface area contributed by atoms with Gasteiger partial charge in [-0.25, -0.2) is 13.4 Å². The number of hydrogen-bond donors (Lipinski definition) is 3. The van der Waals surface area contributed by atoms with Crippen LogP contribution in [0.15, 0.2) is 41.3 Å². The molecule has 0 fully saturated rings. The van der Waals surface area contributed by atoms with Crippen LogP contribution in [-0.2, 0) is 9.84 Å². The number of hydrogen-bond acceptors (Lipinski definition) is 5. The molecule has 0 spiro atoms. The van der Waals surface area contributed by atoms with E-state index in [1.165, 1.54) is 30.3 Å². The fourth-order valence-electron chi connectivity index (χ4n) is 2.11. The highest BCUT2D eigenvalue weighted by Gasteiger charge is 2.15. The van der Waals surface area contributed by atoms with Gasteiger partial charge in [-0.2, -0.15) is 0 Å². The molecule has 0 aliphatic rings. The molecule has 0 bridgehead atoms. The number of fused-ring (bicyclic) bond motifs is 1. The van der Waals surface area contributed by atoms with E-state index in [4.69, 9.17) is 0 Å². The lowest BCUT2D eigenvalue weighted by Crippen LogP contribution is -1.96. The third-order valence-corrected chi connectivity index (χ3v) is 4.25. The number of nitrogens with one attached hydrogen (secondary N) is 1. The first-order chi connectivity index (χ1) is 9.86. The van der Waals surface area contributed by atoms with Gasteiger partial charge < -0.3 is 15.2 Å². The maximum absolute atomic E-state index is 11.5. The molecule has 0 unspecified atom stereocenters. The molecule has 0 saturated heterocycles. The highest BCUT2D eigenvalue weighted by Crippen LogP contribution is 2.36. The van der Waals surface area contributed by atoms with Gasteiger partial charge in [0.05, 0.1) is 15.9 Å². The molecule has 3 N–H and O–H groups in total. The molecular weight excluding hydrogens is 292 g/mol.